The first kappa shape index (κ1) is 17.8. The summed E-state index contributed by atoms with van der Waals surface area (Å²) < 4.78 is 56.4. The first-order valence-corrected chi connectivity index (χ1v) is 7.23. The molecule has 1 aromatic heterocycles. The highest BCUT2D eigenvalue weighted by Gasteiger charge is 2.29. The molecule has 0 aromatic carbocycles. The van der Waals surface area contributed by atoms with Crippen LogP contribution in [0.3, 0.4) is 0 Å². The van der Waals surface area contributed by atoms with E-state index in [0.717, 1.165) is 0 Å². The largest absolute Gasteiger partial charge is 0.591 e. The maximum Gasteiger partial charge on any atom is 0.422 e. The van der Waals surface area contributed by atoms with E-state index in [2.05, 4.69) is 9.38 Å². The van der Waals surface area contributed by atoms with E-state index in [4.69, 9.17) is 4.74 Å². The van der Waals surface area contributed by atoms with Crippen molar-refractivity contribution in [3.05, 3.63) is 23.5 Å². The van der Waals surface area contributed by atoms with Gasteiger partial charge in [-0.15, -0.1) is 0 Å². The van der Waals surface area contributed by atoms with Gasteiger partial charge in [0.15, 0.2) is 6.61 Å². The molecule has 118 valence electrons. The van der Waals surface area contributed by atoms with Crippen molar-refractivity contribution in [1.82, 2.24) is 4.98 Å². The van der Waals surface area contributed by atoms with E-state index in [9.17, 15) is 17.7 Å². The van der Waals surface area contributed by atoms with E-state index in [0.29, 0.717) is 5.69 Å². The van der Waals surface area contributed by atoms with Crippen molar-refractivity contribution < 1.29 is 22.5 Å². The Labute approximate surface area is 124 Å². The third-order valence-corrected chi connectivity index (χ3v) is 3.56. The number of nitrogens with zero attached hydrogens (tertiary/aromatic N) is 2. The molecule has 1 atom stereocenters. The molecular weight excluding hydrogens is 305 g/mol. The summed E-state index contributed by atoms with van der Waals surface area (Å²) in [5.74, 6) is -0.0485. The summed E-state index contributed by atoms with van der Waals surface area (Å²) in [6, 6.07) is 2.92. The highest BCUT2D eigenvalue weighted by molar-refractivity contribution is 7.91. The van der Waals surface area contributed by atoms with Crippen molar-refractivity contribution in [3.63, 3.8) is 0 Å². The van der Waals surface area contributed by atoms with Crippen molar-refractivity contribution in [2.75, 3.05) is 6.61 Å². The maximum atomic E-state index is 12.2. The SMILES string of the molecule is Cc1ccc(OCC(F)(F)F)c(C=N[S@+]([O-])C(C)(C)C)n1. The van der Waals surface area contributed by atoms with E-state index < -0.39 is 28.9 Å². The zero-order valence-corrected chi connectivity index (χ0v) is 13.0. The molecule has 0 bridgehead atoms. The average molecular weight is 322 g/mol. The monoisotopic (exact) mass is 322 g/mol. The summed E-state index contributed by atoms with van der Waals surface area (Å²) in [4.78, 5) is 4.05. The van der Waals surface area contributed by atoms with Crippen LogP contribution in [0.2, 0.25) is 0 Å². The molecule has 1 aromatic rings. The van der Waals surface area contributed by atoms with Gasteiger partial charge in [-0.3, -0.25) is 0 Å². The molecule has 0 unspecified atom stereocenters. The number of aryl methyl sites for hydroxylation is 1. The Morgan fingerprint density at radius 1 is 1.33 bits per heavy atom. The molecular formula is C13H17F3N2O2S. The number of pyridine rings is 1. The fourth-order valence-corrected chi connectivity index (χ4v) is 1.71. The minimum atomic E-state index is -4.44. The molecule has 1 heterocycles. The molecule has 0 N–H and O–H groups in total. The summed E-state index contributed by atoms with van der Waals surface area (Å²) in [6.07, 6.45) is -3.26. The van der Waals surface area contributed by atoms with Crippen LogP contribution in [-0.2, 0) is 11.4 Å². The highest BCUT2D eigenvalue weighted by atomic mass is 32.2. The lowest BCUT2D eigenvalue weighted by Gasteiger charge is -2.17. The molecule has 0 aliphatic carbocycles. The zero-order valence-electron chi connectivity index (χ0n) is 12.2. The van der Waals surface area contributed by atoms with Crippen LogP contribution < -0.4 is 4.74 Å². The Kier molecular flexibility index (Phi) is 5.63. The molecule has 8 heteroatoms. The Bertz CT molecular complexity index is 513. The summed E-state index contributed by atoms with van der Waals surface area (Å²) in [7, 11) is 0. The van der Waals surface area contributed by atoms with Gasteiger partial charge < -0.3 is 9.29 Å². The Morgan fingerprint density at radius 2 is 1.95 bits per heavy atom. The van der Waals surface area contributed by atoms with Crippen molar-refractivity contribution in [1.29, 1.82) is 0 Å². The van der Waals surface area contributed by atoms with Gasteiger partial charge in [0.1, 0.15) is 33.8 Å². The summed E-state index contributed by atoms with van der Waals surface area (Å²) in [5.41, 5.74) is 0.717. The average Bonchev–Trinajstić information content (AvgIpc) is 2.32. The van der Waals surface area contributed by atoms with Crippen LogP contribution in [-0.4, -0.2) is 33.3 Å². The van der Waals surface area contributed by atoms with E-state index >= 15 is 0 Å². The molecule has 0 radical (unpaired) electrons. The number of hydrogen-bond donors (Lipinski definition) is 0. The predicted molar refractivity (Wildman–Crippen MR) is 76.0 cm³/mol. The van der Waals surface area contributed by atoms with Gasteiger partial charge in [-0.1, -0.05) is 4.40 Å². The normalized spacial score (nSPS) is 14.5. The molecule has 0 amide bonds. The minimum absolute atomic E-state index is 0.0485. The topological polar surface area (TPSA) is 57.5 Å². The number of hydrogen-bond acceptors (Lipinski definition) is 4. The van der Waals surface area contributed by atoms with Crippen molar-refractivity contribution in [2.45, 2.75) is 38.6 Å². The first-order chi connectivity index (χ1) is 9.49. The first-order valence-electron chi connectivity index (χ1n) is 6.12. The van der Waals surface area contributed by atoms with Crippen LogP contribution in [0.25, 0.3) is 0 Å². The van der Waals surface area contributed by atoms with Crippen molar-refractivity contribution in [3.8, 4) is 5.75 Å². The van der Waals surface area contributed by atoms with E-state index in [1.807, 2.05) is 0 Å². The molecule has 0 aliphatic heterocycles. The number of ether oxygens (including phenoxy) is 1. The van der Waals surface area contributed by atoms with Gasteiger partial charge >= 0.3 is 6.18 Å². The quantitative estimate of drug-likeness (QED) is 0.632. The van der Waals surface area contributed by atoms with Crippen molar-refractivity contribution in [2.24, 2.45) is 4.40 Å². The molecule has 0 saturated carbocycles. The van der Waals surface area contributed by atoms with Gasteiger partial charge in [0, 0.05) is 5.69 Å². The minimum Gasteiger partial charge on any atom is -0.591 e. The molecule has 0 aliphatic rings. The predicted octanol–water partition coefficient (Wildman–Crippen LogP) is 3.21. The molecule has 0 saturated heterocycles. The second-order valence-corrected chi connectivity index (χ2v) is 7.27. The maximum absolute atomic E-state index is 12.2. The lowest BCUT2D eigenvalue weighted by molar-refractivity contribution is -0.153. The van der Waals surface area contributed by atoms with Gasteiger partial charge in [0.2, 0.25) is 0 Å². The van der Waals surface area contributed by atoms with E-state index in [1.54, 1.807) is 27.7 Å². The van der Waals surface area contributed by atoms with Gasteiger partial charge in [0.05, 0.1) is 0 Å². The van der Waals surface area contributed by atoms with Crippen LogP contribution >= 0.6 is 0 Å². The number of rotatable bonds is 4. The number of halogens is 3. The number of aromatic nitrogens is 1. The van der Waals surface area contributed by atoms with Crippen LogP contribution in [0, 0.1) is 6.92 Å². The fourth-order valence-electron chi connectivity index (χ4n) is 1.19. The smallest absolute Gasteiger partial charge is 0.422 e. The summed E-state index contributed by atoms with van der Waals surface area (Å²) in [6.45, 7) is 5.49. The molecule has 21 heavy (non-hydrogen) atoms. The van der Waals surface area contributed by atoms with Crippen LogP contribution in [0.1, 0.15) is 32.2 Å². The second-order valence-electron chi connectivity index (χ2n) is 5.34. The van der Waals surface area contributed by atoms with Crippen LogP contribution in [0.5, 0.6) is 5.75 Å². The lowest BCUT2D eigenvalue weighted by Crippen LogP contribution is -2.26. The van der Waals surface area contributed by atoms with Crippen molar-refractivity contribution >= 4 is 17.6 Å². The Morgan fingerprint density at radius 3 is 2.48 bits per heavy atom. The van der Waals surface area contributed by atoms with E-state index in [-0.39, 0.29) is 11.4 Å². The van der Waals surface area contributed by atoms with Crippen LogP contribution in [0.4, 0.5) is 13.2 Å². The zero-order chi connectivity index (χ0) is 16.3. The van der Waals surface area contributed by atoms with Gasteiger partial charge in [0.25, 0.3) is 0 Å². The third kappa shape index (κ3) is 6.34. The van der Waals surface area contributed by atoms with Gasteiger partial charge in [-0.25, -0.2) is 4.98 Å². The Balaban J connectivity index is 2.95. The standard InChI is InChI=1S/C13H17F3N2O2S/c1-9-5-6-11(20-8-13(14,15)16)10(18-9)7-17-21(19)12(2,3)4/h5-7H,8H2,1-4H3/t21-/m1/s1. The number of alkyl halides is 3. The fraction of sp³-hybridized carbons (Fsp3) is 0.538. The van der Waals surface area contributed by atoms with Crippen LogP contribution in [0.15, 0.2) is 16.5 Å². The lowest BCUT2D eigenvalue weighted by atomic mass is 10.3. The molecule has 0 fully saturated rings. The summed E-state index contributed by atoms with van der Waals surface area (Å²) >= 11 is -1.52. The molecule has 4 nitrogen and oxygen atoms in total. The highest BCUT2D eigenvalue weighted by Crippen LogP contribution is 2.22. The second kappa shape index (κ2) is 6.65. The molecule has 1 rings (SSSR count). The Hall–Kier alpha value is -1.28. The van der Waals surface area contributed by atoms with Gasteiger partial charge in [-0.2, -0.15) is 13.2 Å². The third-order valence-electron chi connectivity index (χ3n) is 2.21. The molecule has 0 spiro atoms. The van der Waals surface area contributed by atoms with E-state index in [1.165, 1.54) is 18.3 Å². The summed E-state index contributed by atoms with van der Waals surface area (Å²) in [5, 5.41) is 0. The van der Waals surface area contributed by atoms with Gasteiger partial charge in [-0.05, 0) is 39.8 Å².